The van der Waals surface area contributed by atoms with Gasteiger partial charge in [0.05, 0.1) is 6.61 Å². The van der Waals surface area contributed by atoms with E-state index >= 15 is 0 Å². The number of ketones is 1. The lowest BCUT2D eigenvalue weighted by Crippen LogP contribution is -2.38. The topological polar surface area (TPSA) is 55.4 Å². The number of unbranched alkanes of at least 4 members (excludes halogenated alkanes) is 1. The summed E-state index contributed by atoms with van der Waals surface area (Å²) in [6, 6.07) is 16.2. The molecule has 4 heteroatoms. The van der Waals surface area contributed by atoms with Crippen LogP contribution < -0.4 is 10.1 Å². The van der Waals surface area contributed by atoms with Crippen molar-refractivity contribution in [1.29, 1.82) is 0 Å². The number of hydrogen-bond donors (Lipinski definition) is 1. The van der Waals surface area contributed by atoms with Crippen molar-refractivity contribution in [3.63, 3.8) is 0 Å². The van der Waals surface area contributed by atoms with Crippen LogP contribution in [0, 0.1) is 6.92 Å². The summed E-state index contributed by atoms with van der Waals surface area (Å²) in [6.45, 7) is 4.83. The van der Waals surface area contributed by atoms with Crippen molar-refractivity contribution in [3.8, 4) is 5.75 Å². The number of benzene rings is 2. The molecule has 156 valence electrons. The van der Waals surface area contributed by atoms with E-state index in [0.717, 1.165) is 41.0 Å². The van der Waals surface area contributed by atoms with Crippen molar-refractivity contribution in [2.24, 2.45) is 0 Å². The van der Waals surface area contributed by atoms with Gasteiger partial charge in [0.15, 0.2) is 5.78 Å². The fourth-order valence-electron chi connectivity index (χ4n) is 4.53. The van der Waals surface area contributed by atoms with Crippen LogP contribution in [0.5, 0.6) is 5.75 Å². The molecule has 1 heterocycles. The monoisotopic (exact) mass is 403 g/mol. The molecule has 1 aliphatic heterocycles. The Labute approximate surface area is 178 Å². The molecule has 1 aliphatic carbocycles. The molecule has 2 aromatic carbocycles. The lowest BCUT2D eigenvalue weighted by molar-refractivity contribution is -0.122. The van der Waals surface area contributed by atoms with Crippen molar-refractivity contribution in [2.75, 3.05) is 6.61 Å². The molecule has 2 unspecified atom stereocenters. The van der Waals surface area contributed by atoms with Gasteiger partial charge in [-0.15, -0.1) is 0 Å². The Balaban J connectivity index is 1.67. The van der Waals surface area contributed by atoms with Crippen LogP contribution in [0.1, 0.15) is 67.6 Å². The van der Waals surface area contributed by atoms with Gasteiger partial charge >= 0.3 is 0 Å². The number of rotatable bonds is 6. The summed E-state index contributed by atoms with van der Waals surface area (Å²) >= 11 is 0. The zero-order chi connectivity index (χ0) is 21.1. The summed E-state index contributed by atoms with van der Waals surface area (Å²) in [4.78, 5) is 25.9. The van der Waals surface area contributed by atoms with Crippen LogP contribution in [0.25, 0.3) is 0 Å². The molecule has 30 heavy (non-hydrogen) atoms. The second-order valence-electron chi connectivity index (χ2n) is 8.38. The molecular formula is C26H29NO3. The SMILES string of the molecule is CCCCOc1ccccc1C1CC(=O)NC2=C1C(=O)CC(c1ccc(C)cc1)C2. The molecule has 0 radical (unpaired) electrons. The summed E-state index contributed by atoms with van der Waals surface area (Å²) < 4.78 is 6.02. The number of carbonyl (C=O) groups is 2. The Morgan fingerprint density at radius 2 is 1.77 bits per heavy atom. The Bertz CT molecular complexity index is 974. The number of ether oxygens (including phenoxy) is 1. The van der Waals surface area contributed by atoms with Crippen LogP contribution in [0.2, 0.25) is 0 Å². The van der Waals surface area contributed by atoms with Crippen LogP contribution in [0.4, 0.5) is 0 Å². The van der Waals surface area contributed by atoms with E-state index in [1.807, 2.05) is 24.3 Å². The van der Waals surface area contributed by atoms with Crippen LogP contribution in [-0.4, -0.2) is 18.3 Å². The lowest BCUT2D eigenvalue weighted by atomic mass is 9.73. The highest BCUT2D eigenvalue weighted by Crippen LogP contribution is 2.44. The van der Waals surface area contributed by atoms with Gasteiger partial charge in [0, 0.05) is 35.6 Å². The Hall–Kier alpha value is -2.88. The van der Waals surface area contributed by atoms with E-state index in [-0.39, 0.29) is 29.9 Å². The van der Waals surface area contributed by atoms with E-state index in [0.29, 0.717) is 19.4 Å². The van der Waals surface area contributed by atoms with Gasteiger partial charge in [-0.1, -0.05) is 61.4 Å². The van der Waals surface area contributed by atoms with E-state index < -0.39 is 0 Å². The Morgan fingerprint density at radius 3 is 2.53 bits per heavy atom. The minimum atomic E-state index is -0.238. The highest BCUT2D eigenvalue weighted by molar-refractivity contribution is 6.02. The average Bonchev–Trinajstić information content (AvgIpc) is 2.74. The Morgan fingerprint density at radius 1 is 1.00 bits per heavy atom. The molecule has 1 N–H and O–H groups in total. The van der Waals surface area contributed by atoms with Gasteiger partial charge in [-0.3, -0.25) is 9.59 Å². The van der Waals surface area contributed by atoms with E-state index in [1.165, 1.54) is 5.56 Å². The third kappa shape index (κ3) is 4.18. The molecule has 0 fully saturated rings. The first-order chi connectivity index (χ1) is 14.6. The number of amides is 1. The third-order valence-corrected chi connectivity index (χ3v) is 6.13. The zero-order valence-corrected chi connectivity index (χ0v) is 17.7. The fraction of sp³-hybridized carbons (Fsp3) is 0.385. The van der Waals surface area contributed by atoms with Crippen molar-refractivity contribution in [1.82, 2.24) is 5.32 Å². The number of carbonyl (C=O) groups excluding carboxylic acids is 2. The molecule has 2 aromatic rings. The second kappa shape index (κ2) is 8.86. The molecule has 2 aliphatic rings. The average molecular weight is 404 g/mol. The Kier molecular flexibility index (Phi) is 6.03. The van der Waals surface area contributed by atoms with Crippen LogP contribution in [0.3, 0.4) is 0 Å². The number of hydrogen-bond acceptors (Lipinski definition) is 3. The molecule has 2 atom stereocenters. The van der Waals surface area contributed by atoms with Gasteiger partial charge < -0.3 is 10.1 Å². The first-order valence-corrected chi connectivity index (χ1v) is 10.9. The molecule has 4 rings (SSSR count). The normalized spacial score (nSPS) is 21.3. The number of nitrogens with one attached hydrogen (secondary N) is 1. The van der Waals surface area contributed by atoms with Crippen molar-refractivity contribution in [2.45, 2.75) is 57.8 Å². The maximum absolute atomic E-state index is 13.3. The molecule has 0 saturated heterocycles. The highest BCUT2D eigenvalue weighted by atomic mass is 16.5. The molecule has 0 bridgehead atoms. The standard InChI is InChI=1S/C26H29NO3/c1-3-4-13-30-24-8-6-5-7-20(24)21-16-25(29)27-22-14-19(15-23(28)26(21)22)18-11-9-17(2)10-12-18/h5-12,19,21H,3-4,13-16H2,1-2H3,(H,27,29). The maximum atomic E-state index is 13.3. The quantitative estimate of drug-likeness (QED) is 0.676. The first kappa shape index (κ1) is 20.4. The minimum Gasteiger partial charge on any atom is -0.493 e. The zero-order valence-electron chi connectivity index (χ0n) is 17.7. The molecule has 0 saturated carbocycles. The molecule has 1 amide bonds. The van der Waals surface area contributed by atoms with Crippen molar-refractivity contribution in [3.05, 3.63) is 76.5 Å². The fourth-order valence-corrected chi connectivity index (χ4v) is 4.53. The van der Waals surface area contributed by atoms with Gasteiger partial charge in [0.25, 0.3) is 0 Å². The van der Waals surface area contributed by atoms with Gasteiger partial charge in [-0.05, 0) is 37.3 Å². The van der Waals surface area contributed by atoms with Gasteiger partial charge in [0.2, 0.25) is 5.91 Å². The van der Waals surface area contributed by atoms with E-state index in [2.05, 4.69) is 43.4 Å². The number of aryl methyl sites for hydroxylation is 1. The van der Waals surface area contributed by atoms with Crippen molar-refractivity contribution < 1.29 is 14.3 Å². The number of Topliss-reactive ketones (excluding diaryl/α,β-unsaturated/α-hetero) is 1. The largest absolute Gasteiger partial charge is 0.493 e. The molecule has 0 aromatic heterocycles. The first-order valence-electron chi connectivity index (χ1n) is 10.9. The summed E-state index contributed by atoms with van der Waals surface area (Å²) in [5.74, 6) is 0.755. The van der Waals surface area contributed by atoms with E-state index in [1.54, 1.807) is 0 Å². The molecule has 0 spiro atoms. The lowest BCUT2D eigenvalue weighted by Gasteiger charge is -2.35. The highest BCUT2D eigenvalue weighted by Gasteiger charge is 2.39. The van der Waals surface area contributed by atoms with Crippen LogP contribution >= 0.6 is 0 Å². The molecular weight excluding hydrogens is 374 g/mol. The smallest absolute Gasteiger partial charge is 0.225 e. The number of para-hydroxylation sites is 1. The van der Waals surface area contributed by atoms with Gasteiger partial charge in [-0.25, -0.2) is 0 Å². The van der Waals surface area contributed by atoms with Gasteiger partial charge in [-0.2, -0.15) is 0 Å². The van der Waals surface area contributed by atoms with Gasteiger partial charge in [0.1, 0.15) is 5.75 Å². The predicted octanol–water partition coefficient (Wildman–Crippen LogP) is 5.18. The van der Waals surface area contributed by atoms with Crippen molar-refractivity contribution >= 4 is 11.7 Å². The molecule has 4 nitrogen and oxygen atoms in total. The van der Waals surface area contributed by atoms with E-state index in [4.69, 9.17) is 4.74 Å². The second-order valence-corrected chi connectivity index (χ2v) is 8.38. The van der Waals surface area contributed by atoms with E-state index in [9.17, 15) is 9.59 Å². The minimum absolute atomic E-state index is 0.0283. The maximum Gasteiger partial charge on any atom is 0.225 e. The van der Waals surface area contributed by atoms with Crippen LogP contribution in [-0.2, 0) is 9.59 Å². The third-order valence-electron chi connectivity index (χ3n) is 6.13. The van der Waals surface area contributed by atoms with Crippen LogP contribution in [0.15, 0.2) is 59.8 Å². The number of allylic oxidation sites excluding steroid dienone is 2. The summed E-state index contributed by atoms with van der Waals surface area (Å²) in [6.07, 6.45) is 3.49. The predicted molar refractivity (Wildman–Crippen MR) is 118 cm³/mol. The summed E-state index contributed by atoms with van der Waals surface area (Å²) in [5.41, 5.74) is 4.86. The summed E-state index contributed by atoms with van der Waals surface area (Å²) in [7, 11) is 0. The summed E-state index contributed by atoms with van der Waals surface area (Å²) in [5, 5.41) is 3.01.